The fraction of sp³-hybridized carbons (Fsp3) is 0.357. The van der Waals surface area contributed by atoms with E-state index in [4.69, 9.17) is 9.63 Å². The number of carbonyl (C=O) groups is 1. The number of hydrogen-bond acceptors (Lipinski definition) is 4. The first-order valence-electron chi connectivity index (χ1n) is 6.41. The number of hydrogen-bond donors (Lipinski definition) is 1. The van der Waals surface area contributed by atoms with Gasteiger partial charge in [-0.2, -0.15) is 4.98 Å². The summed E-state index contributed by atoms with van der Waals surface area (Å²) in [6.45, 7) is 0. The molecule has 0 spiro atoms. The number of rotatable bonds is 3. The van der Waals surface area contributed by atoms with E-state index in [2.05, 4.69) is 10.1 Å². The predicted octanol–water partition coefficient (Wildman–Crippen LogP) is 3.09. The molecule has 0 atom stereocenters. The molecule has 1 heterocycles. The average Bonchev–Trinajstić information content (AvgIpc) is 3.10. The molecule has 19 heavy (non-hydrogen) atoms. The van der Waals surface area contributed by atoms with Crippen molar-refractivity contribution in [3.8, 4) is 11.4 Å². The maximum atomic E-state index is 10.8. The maximum absolute atomic E-state index is 10.8. The van der Waals surface area contributed by atoms with Crippen LogP contribution in [0.2, 0.25) is 0 Å². The molecule has 1 aromatic carbocycles. The van der Waals surface area contributed by atoms with E-state index in [0.717, 1.165) is 18.4 Å². The second kappa shape index (κ2) is 4.84. The Hall–Kier alpha value is -2.17. The van der Waals surface area contributed by atoms with Crippen LogP contribution in [0.15, 0.2) is 28.8 Å². The second-order valence-corrected chi connectivity index (χ2v) is 4.82. The Morgan fingerprint density at radius 2 is 1.89 bits per heavy atom. The predicted molar refractivity (Wildman–Crippen MR) is 67.9 cm³/mol. The van der Waals surface area contributed by atoms with E-state index in [1.807, 2.05) is 0 Å². The number of carboxylic acid groups (broad SMARTS) is 1. The summed E-state index contributed by atoms with van der Waals surface area (Å²) < 4.78 is 5.30. The van der Waals surface area contributed by atoms with Crippen molar-refractivity contribution >= 4 is 5.97 Å². The van der Waals surface area contributed by atoms with Crippen molar-refractivity contribution in [2.24, 2.45) is 0 Å². The first-order chi connectivity index (χ1) is 9.24. The molecular formula is C14H14N2O3. The Balaban J connectivity index is 1.83. The minimum absolute atomic E-state index is 0.253. The molecule has 1 saturated carbocycles. The van der Waals surface area contributed by atoms with Crippen LogP contribution < -0.4 is 0 Å². The van der Waals surface area contributed by atoms with Crippen molar-refractivity contribution in [1.29, 1.82) is 0 Å². The molecule has 5 heteroatoms. The molecule has 1 aliphatic rings. The SMILES string of the molecule is O=C(O)c1ccc(-c2noc(C3CCCC3)n2)cc1. The van der Waals surface area contributed by atoms with Crippen molar-refractivity contribution in [3.63, 3.8) is 0 Å². The first kappa shape index (κ1) is 11.9. The lowest BCUT2D eigenvalue weighted by Gasteiger charge is -1.99. The maximum Gasteiger partial charge on any atom is 0.335 e. The molecule has 1 aromatic heterocycles. The standard InChI is InChI=1S/C14H14N2O3/c17-14(18)11-7-5-9(6-8-11)12-15-13(19-16-12)10-3-1-2-4-10/h5-8,10H,1-4H2,(H,17,18). The van der Waals surface area contributed by atoms with E-state index in [1.54, 1.807) is 24.3 Å². The van der Waals surface area contributed by atoms with Gasteiger partial charge in [0, 0.05) is 11.5 Å². The van der Waals surface area contributed by atoms with Gasteiger partial charge in [0.25, 0.3) is 0 Å². The van der Waals surface area contributed by atoms with Gasteiger partial charge in [-0.25, -0.2) is 4.79 Å². The van der Waals surface area contributed by atoms with Gasteiger partial charge in [0.15, 0.2) is 0 Å². The highest BCUT2D eigenvalue weighted by molar-refractivity contribution is 5.88. The molecule has 2 aromatic rings. The molecule has 3 rings (SSSR count). The van der Waals surface area contributed by atoms with Crippen LogP contribution in [-0.4, -0.2) is 21.2 Å². The Kier molecular flexibility index (Phi) is 3.03. The summed E-state index contributed by atoms with van der Waals surface area (Å²) in [6.07, 6.45) is 4.66. The normalized spacial score (nSPS) is 15.8. The third-order valence-electron chi connectivity index (χ3n) is 3.54. The smallest absolute Gasteiger partial charge is 0.335 e. The van der Waals surface area contributed by atoms with Crippen LogP contribution in [-0.2, 0) is 0 Å². The molecule has 1 aliphatic carbocycles. The zero-order valence-electron chi connectivity index (χ0n) is 10.4. The molecule has 0 saturated heterocycles. The highest BCUT2D eigenvalue weighted by Crippen LogP contribution is 2.33. The zero-order valence-corrected chi connectivity index (χ0v) is 10.4. The van der Waals surface area contributed by atoms with Crippen molar-refractivity contribution in [3.05, 3.63) is 35.7 Å². The monoisotopic (exact) mass is 258 g/mol. The summed E-state index contributed by atoms with van der Waals surface area (Å²) in [7, 11) is 0. The lowest BCUT2D eigenvalue weighted by Crippen LogP contribution is -1.95. The second-order valence-electron chi connectivity index (χ2n) is 4.82. The Bertz CT molecular complexity index is 583. The minimum Gasteiger partial charge on any atom is -0.478 e. The fourth-order valence-corrected chi connectivity index (χ4v) is 2.45. The van der Waals surface area contributed by atoms with Crippen LogP contribution in [0.1, 0.15) is 47.8 Å². The van der Waals surface area contributed by atoms with Crippen LogP contribution in [0, 0.1) is 0 Å². The van der Waals surface area contributed by atoms with Gasteiger partial charge in [0.1, 0.15) is 0 Å². The van der Waals surface area contributed by atoms with Gasteiger partial charge < -0.3 is 9.63 Å². The van der Waals surface area contributed by atoms with Crippen LogP contribution in [0.3, 0.4) is 0 Å². The van der Waals surface area contributed by atoms with Crippen molar-refractivity contribution in [2.45, 2.75) is 31.6 Å². The molecule has 1 fully saturated rings. The number of carboxylic acids is 1. The fourth-order valence-electron chi connectivity index (χ4n) is 2.45. The molecule has 0 bridgehead atoms. The molecule has 0 radical (unpaired) electrons. The summed E-state index contributed by atoms with van der Waals surface area (Å²) in [5, 5.41) is 12.8. The Morgan fingerprint density at radius 3 is 2.53 bits per heavy atom. The quantitative estimate of drug-likeness (QED) is 0.915. The van der Waals surface area contributed by atoms with E-state index in [9.17, 15) is 4.79 Å². The summed E-state index contributed by atoms with van der Waals surface area (Å²) in [5.41, 5.74) is 1.03. The summed E-state index contributed by atoms with van der Waals surface area (Å²) >= 11 is 0. The van der Waals surface area contributed by atoms with E-state index in [-0.39, 0.29) is 5.56 Å². The number of aromatic carboxylic acids is 1. The van der Waals surface area contributed by atoms with Crippen LogP contribution in [0.5, 0.6) is 0 Å². The molecule has 0 aliphatic heterocycles. The van der Waals surface area contributed by atoms with Crippen LogP contribution >= 0.6 is 0 Å². The lowest BCUT2D eigenvalue weighted by atomic mass is 10.1. The van der Waals surface area contributed by atoms with E-state index in [1.165, 1.54) is 12.8 Å². The molecule has 0 amide bonds. The highest BCUT2D eigenvalue weighted by Gasteiger charge is 2.23. The van der Waals surface area contributed by atoms with Gasteiger partial charge in [0.05, 0.1) is 5.56 Å². The van der Waals surface area contributed by atoms with Gasteiger partial charge in [-0.15, -0.1) is 0 Å². The average molecular weight is 258 g/mol. The van der Waals surface area contributed by atoms with Crippen LogP contribution in [0.25, 0.3) is 11.4 Å². The van der Waals surface area contributed by atoms with Crippen molar-refractivity contribution in [2.75, 3.05) is 0 Å². The van der Waals surface area contributed by atoms with Crippen molar-refractivity contribution in [1.82, 2.24) is 10.1 Å². The highest BCUT2D eigenvalue weighted by atomic mass is 16.5. The van der Waals surface area contributed by atoms with Crippen LogP contribution in [0.4, 0.5) is 0 Å². The van der Waals surface area contributed by atoms with Gasteiger partial charge in [-0.1, -0.05) is 30.1 Å². The number of nitrogens with zero attached hydrogens (tertiary/aromatic N) is 2. The van der Waals surface area contributed by atoms with E-state index in [0.29, 0.717) is 17.6 Å². The summed E-state index contributed by atoms with van der Waals surface area (Å²) in [4.78, 5) is 15.2. The Morgan fingerprint density at radius 1 is 1.21 bits per heavy atom. The number of aromatic nitrogens is 2. The lowest BCUT2D eigenvalue weighted by molar-refractivity contribution is 0.0697. The van der Waals surface area contributed by atoms with E-state index < -0.39 is 5.97 Å². The third kappa shape index (κ3) is 2.36. The Labute approximate surface area is 110 Å². The zero-order chi connectivity index (χ0) is 13.2. The molecule has 0 unspecified atom stereocenters. The topological polar surface area (TPSA) is 76.2 Å². The molecular weight excluding hydrogens is 244 g/mol. The molecule has 5 nitrogen and oxygen atoms in total. The van der Waals surface area contributed by atoms with E-state index >= 15 is 0 Å². The summed E-state index contributed by atoms with van der Waals surface area (Å²) in [6, 6.07) is 6.49. The van der Waals surface area contributed by atoms with Gasteiger partial charge in [-0.3, -0.25) is 0 Å². The van der Waals surface area contributed by atoms with Gasteiger partial charge >= 0.3 is 5.97 Å². The summed E-state index contributed by atoms with van der Waals surface area (Å²) in [5.74, 6) is 0.680. The molecule has 98 valence electrons. The van der Waals surface area contributed by atoms with Gasteiger partial charge in [-0.05, 0) is 25.0 Å². The third-order valence-corrected chi connectivity index (χ3v) is 3.54. The first-order valence-corrected chi connectivity index (χ1v) is 6.41. The van der Waals surface area contributed by atoms with Gasteiger partial charge in [0.2, 0.25) is 11.7 Å². The minimum atomic E-state index is -0.939. The number of benzene rings is 1. The van der Waals surface area contributed by atoms with Crippen molar-refractivity contribution < 1.29 is 14.4 Å². The molecule has 1 N–H and O–H groups in total. The largest absolute Gasteiger partial charge is 0.478 e.